The van der Waals surface area contributed by atoms with Crippen LogP contribution in [-0.2, 0) is 14.3 Å². The Morgan fingerprint density at radius 3 is 2.37 bits per heavy atom. The number of ether oxygens (including phenoxy) is 1. The van der Waals surface area contributed by atoms with Crippen molar-refractivity contribution in [1.29, 1.82) is 0 Å². The highest BCUT2D eigenvalue weighted by Gasteiger charge is 2.80. The Kier molecular flexibility index (Phi) is 6.38. The van der Waals surface area contributed by atoms with Gasteiger partial charge < -0.3 is 50.7 Å². The predicted molar refractivity (Wildman–Crippen MR) is 114 cm³/mol. The number of aliphatic hydroxyl groups excluding tert-OH is 5. The van der Waals surface area contributed by atoms with E-state index in [4.69, 9.17) is 4.74 Å². The van der Waals surface area contributed by atoms with Gasteiger partial charge in [0.25, 0.3) is 0 Å². The van der Waals surface area contributed by atoms with Gasteiger partial charge in [-0.15, -0.1) is 0 Å². The lowest BCUT2D eigenvalue weighted by atomic mass is 9.43. The normalized spacial score (nSPS) is 50.7. The van der Waals surface area contributed by atoms with E-state index in [0.29, 0.717) is 19.3 Å². The molecule has 0 radical (unpaired) electrons. The minimum absolute atomic E-state index is 0.0494. The molecule has 3 fully saturated rings. The Morgan fingerprint density at radius 2 is 1.80 bits per heavy atom. The van der Waals surface area contributed by atoms with Gasteiger partial charge in [0.05, 0.1) is 12.2 Å². The highest BCUT2D eigenvalue weighted by atomic mass is 16.6. The van der Waals surface area contributed by atoms with Crippen LogP contribution < -0.4 is 0 Å². The van der Waals surface area contributed by atoms with Crippen LogP contribution in [0.1, 0.15) is 46.0 Å². The van der Waals surface area contributed by atoms with E-state index in [0.717, 1.165) is 0 Å². The van der Waals surface area contributed by atoms with Gasteiger partial charge in [0.2, 0.25) is 0 Å². The molecule has 12 unspecified atom stereocenters. The molecule has 0 aromatic rings. The number of rotatable bonds is 4. The monoisotopic (exact) mass is 502 g/mol. The zero-order valence-corrected chi connectivity index (χ0v) is 19.5. The fraction of sp³-hybridized carbons (Fsp3) is 0.826. The number of carboxylic acid groups (broad SMARTS) is 1. The number of carbonyl (C=O) groups excluding carboxylic acids is 1. The van der Waals surface area contributed by atoms with E-state index < -0.39 is 101 Å². The number of hydrogen-bond donors (Lipinski definition) is 9. The number of Topliss-reactive ketones (excluding diaryl/α,β-unsaturated/α-hetero) is 1. The summed E-state index contributed by atoms with van der Waals surface area (Å²) in [5.41, 5.74) is -9.88. The second-order valence-electron chi connectivity index (χ2n) is 10.6. The highest BCUT2D eigenvalue weighted by Crippen LogP contribution is 2.62. The number of ketones is 1. The highest BCUT2D eigenvalue weighted by molar-refractivity contribution is 6.18. The summed E-state index contributed by atoms with van der Waals surface area (Å²) in [5.74, 6) is -8.76. The smallest absolute Gasteiger partial charge is 0.342 e. The van der Waals surface area contributed by atoms with Crippen LogP contribution >= 0.6 is 0 Å². The molecular formula is C23H34O12. The Balaban J connectivity index is 1.99. The summed E-state index contributed by atoms with van der Waals surface area (Å²) in [5, 5.41) is 99.6. The van der Waals surface area contributed by atoms with Crippen LogP contribution in [0.15, 0.2) is 11.3 Å². The fourth-order valence-corrected chi connectivity index (χ4v) is 7.33. The summed E-state index contributed by atoms with van der Waals surface area (Å²) in [6.07, 6.45) is -8.57. The topological polar surface area (TPSA) is 225 Å². The zero-order valence-electron chi connectivity index (χ0n) is 19.5. The average Bonchev–Trinajstić information content (AvgIpc) is 2.77. The first-order valence-corrected chi connectivity index (χ1v) is 11.9. The molecule has 3 saturated carbocycles. The lowest BCUT2D eigenvalue weighted by Crippen LogP contribution is -2.86. The molecule has 198 valence electrons. The Labute approximate surface area is 201 Å². The zero-order chi connectivity index (χ0) is 26.2. The number of fused-ring (bicyclic) bond motifs is 3. The van der Waals surface area contributed by atoms with Crippen LogP contribution in [-0.4, -0.2) is 105 Å². The van der Waals surface area contributed by atoms with Crippen LogP contribution in [0.4, 0.5) is 0 Å². The maximum atomic E-state index is 12.7. The summed E-state index contributed by atoms with van der Waals surface area (Å²) >= 11 is 0. The number of aliphatic carboxylic acids is 1. The van der Waals surface area contributed by atoms with E-state index in [1.54, 1.807) is 6.92 Å². The van der Waals surface area contributed by atoms with Gasteiger partial charge in [-0.05, 0) is 31.1 Å². The third-order valence-electron chi connectivity index (χ3n) is 9.09. The van der Waals surface area contributed by atoms with E-state index in [1.165, 1.54) is 6.92 Å². The Hall–Kier alpha value is -1.64. The molecule has 12 heteroatoms. The molecule has 0 spiro atoms. The minimum atomic E-state index is -3.27. The first-order valence-electron chi connectivity index (χ1n) is 11.9. The van der Waals surface area contributed by atoms with Crippen molar-refractivity contribution in [3.63, 3.8) is 0 Å². The van der Waals surface area contributed by atoms with Gasteiger partial charge >= 0.3 is 5.97 Å². The number of carbonyl (C=O) groups is 2. The molecular weight excluding hydrogens is 468 g/mol. The van der Waals surface area contributed by atoms with Gasteiger partial charge in [-0.3, -0.25) is 4.79 Å². The van der Waals surface area contributed by atoms with Crippen molar-refractivity contribution >= 4 is 11.8 Å². The number of hydrogen-bond acceptors (Lipinski definition) is 11. The summed E-state index contributed by atoms with van der Waals surface area (Å²) < 4.78 is 5.59. The SMILES string of the molecule is CCC(O)OC1C2(O)C(C)C3CCCC(O)C3C(O)C2C(O)C2(O)C(O)=C(C(=O)O)C(=O)CC12O. The quantitative estimate of drug-likeness (QED) is 0.149. The first-order chi connectivity index (χ1) is 16.2. The third-order valence-corrected chi connectivity index (χ3v) is 9.09. The number of carboxylic acids is 1. The molecule has 4 aliphatic rings. The molecule has 0 aromatic carbocycles. The summed E-state index contributed by atoms with van der Waals surface area (Å²) in [6.45, 7) is 3.07. The maximum Gasteiger partial charge on any atom is 0.342 e. The van der Waals surface area contributed by atoms with Gasteiger partial charge in [0.1, 0.15) is 34.7 Å². The largest absolute Gasteiger partial charge is 0.508 e. The van der Waals surface area contributed by atoms with Crippen molar-refractivity contribution in [3.8, 4) is 0 Å². The maximum absolute atomic E-state index is 12.7. The van der Waals surface area contributed by atoms with Crippen LogP contribution in [0.3, 0.4) is 0 Å². The van der Waals surface area contributed by atoms with E-state index in [9.17, 15) is 55.5 Å². The van der Waals surface area contributed by atoms with E-state index in [-0.39, 0.29) is 6.42 Å². The van der Waals surface area contributed by atoms with E-state index in [2.05, 4.69) is 0 Å². The molecule has 9 N–H and O–H groups in total. The van der Waals surface area contributed by atoms with Gasteiger partial charge in [0, 0.05) is 18.3 Å². The second kappa shape index (κ2) is 8.45. The summed E-state index contributed by atoms with van der Waals surface area (Å²) in [4.78, 5) is 24.4. The lowest BCUT2D eigenvalue weighted by molar-refractivity contribution is -0.388. The molecule has 0 bridgehead atoms. The second-order valence-corrected chi connectivity index (χ2v) is 10.6. The third kappa shape index (κ3) is 3.21. The molecule has 0 heterocycles. The standard InChI is InChI=1S/C23H34O12/c1-3-12(26)35-20-21(32)7-11(25)14(19(30)31)17(28)23(21,34)18(29)15-16(27)13-9(5-4-6-10(13)24)8(2)22(15,20)33/h8-10,12-13,15-16,18,20,24,26-29,32-34H,3-7H2,1-2H3,(H,30,31). The molecule has 4 rings (SSSR count). The van der Waals surface area contributed by atoms with Crippen LogP contribution in [0, 0.1) is 23.7 Å². The molecule has 12 atom stereocenters. The molecule has 35 heavy (non-hydrogen) atoms. The summed E-state index contributed by atoms with van der Waals surface area (Å²) in [6, 6.07) is 0. The van der Waals surface area contributed by atoms with Gasteiger partial charge in [-0.1, -0.05) is 20.3 Å². The predicted octanol–water partition coefficient (Wildman–Crippen LogP) is -2.06. The van der Waals surface area contributed by atoms with Gasteiger partial charge in [0.15, 0.2) is 17.7 Å². The molecule has 4 aliphatic carbocycles. The lowest BCUT2D eigenvalue weighted by Gasteiger charge is -2.68. The molecule has 0 amide bonds. The van der Waals surface area contributed by atoms with E-state index in [1.807, 2.05) is 0 Å². The first kappa shape index (κ1) is 26.4. The molecule has 12 nitrogen and oxygen atoms in total. The number of aliphatic hydroxyl groups is 8. The summed E-state index contributed by atoms with van der Waals surface area (Å²) in [7, 11) is 0. The Bertz CT molecular complexity index is 935. The molecule has 0 aromatic heterocycles. The van der Waals surface area contributed by atoms with Crippen molar-refractivity contribution in [2.75, 3.05) is 0 Å². The molecule has 0 aliphatic heterocycles. The Morgan fingerprint density at radius 1 is 1.17 bits per heavy atom. The molecule has 0 saturated heterocycles. The van der Waals surface area contributed by atoms with Crippen LogP contribution in [0.5, 0.6) is 0 Å². The van der Waals surface area contributed by atoms with Crippen molar-refractivity contribution < 1.29 is 60.3 Å². The fourth-order valence-electron chi connectivity index (χ4n) is 7.33. The van der Waals surface area contributed by atoms with Crippen molar-refractivity contribution in [3.05, 3.63) is 11.3 Å². The van der Waals surface area contributed by atoms with E-state index >= 15 is 0 Å². The minimum Gasteiger partial charge on any atom is -0.508 e. The van der Waals surface area contributed by atoms with Crippen LogP contribution in [0.2, 0.25) is 0 Å². The van der Waals surface area contributed by atoms with Gasteiger partial charge in [-0.2, -0.15) is 0 Å². The van der Waals surface area contributed by atoms with Crippen molar-refractivity contribution in [2.45, 2.75) is 93.5 Å². The van der Waals surface area contributed by atoms with Crippen molar-refractivity contribution in [1.82, 2.24) is 0 Å². The van der Waals surface area contributed by atoms with Crippen LogP contribution in [0.25, 0.3) is 0 Å². The van der Waals surface area contributed by atoms with Gasteiger partial charge in [-0.25, -0.2) is 4.79 Å². The van der Waals surface area contributed by atoms with Crippen molar-refractivity contribution in [2.24, 2.45) is 23.7 Å². The average molecular weight is 503 g/mol.